The van der Waals surface area contributed by atoms with E-state index in [1.807, 2.05) is 32.9 Å². The molecule has 0 saturated heterocycles. The summed E-state index contributed by atoms with van der Waals surface area (Å²) in [6.45, 7) is 7.12. The number of rotatable bonds is 7. The van der Waals surface area contributed by atoms with Gasteiger partial charge in [-0.15, -0.1) is 0 Å². The van der Waals surface area contributed by atoms with Gasteiger partial charge < -0.3 is 15.0 Å². The summed E-state index contributed by atoms with van der Waals surface area (Å²) in [6, 6.07) is 3.80. The third-order valence-corrected chi connectivity index (χ3v) is 4.88. The van der Waals surface area contributed by atoms with Crippen LogP contribution in [0.5, 0.6) is 0 Å². The van der Waals surface area contributed by atoms with E-state index in [4.69, 9.17) is 4.74 Å². The minimum absolute atomic E-state index is 0.153. The average Bonchev–Trinajstić information content (AvgIpc) is 2.93. The molecule has 1 aromatic rings. The van der Waals surface area contributed by atoms with Gasteiger partial charge in [0.25, 0.3) is 0 Å². The summed E-state index contributed by atoms with van der Waals surface area (Å²) in [5.74, 6) is 0.317. The van der Waals surface area contributed by atoms with E-state index >= 15 is 0 Å². The van der Waals surface area contributed by atoms with Crippen LogP contribution in [0.1, 0.15) is 71.3 Å². The van der Waals surface area contributed by atoms with Crippen LogP contribution < -0.4 is 5.32 Å². The number of nitrogens with one attached hydrogen (secondary N) is 1. The third kappa shape index (κ3) is 8.28. The average molecular weight is 390 g/mol. The Morgan fingerprint density at radius 3 is 2.54 bits per heavy atom. The second-order valence-corrected chi connectivity index (χ2v) is 8.60. The number of carbonyl (C=O) groups excluding carboxylic acids is 2. The molecule has 1 aromatic heterocycles. The molecular weight excluding hydrogens is 354 g/mol. The van der Waals surface area contributed by atoms with Gasteiger partial charge in [-0.1, -0.05) is 31.7 Å². The van der Waals surface area contributed by atoms with Crippen LogP contribution in [0.3, 0.4) is 0 Å². The first-order chi connectivity index (χ1) is 13.3. The van der Waals surface area contributed by atoms with E-state index < -0.39 is 5.60 Å². The molecular formula is C22H35N3O3. The highest BCUT2D eigenvalue weighted by molar-refractivity contribution is 5.78. The highest BCUT2D eigenvalue weighted by Crippen LogP contribution is 2.22. The Bertz CT molecular complexity index is 605. The van der Waals surface area contributed by atoms with Crippen LogP contribution in [0.25, 0.3) is 0 Å². The lowest BCUT2D eigenvalue weighted by atomic mass is 9.99. The molecule has 0 bridgehead atoms. The maximum atomic E-state index is 12.6. The highest BCUT2D eigenvalue weighted by Gasteiger charge is 2.23. The fraction of sp³-hybridized carbons (Fsp3) is 0.682. The van der Waals surface area contributed by atoms with Crippen LogP contribution in [0.2, 0.25) is 0 Å². The molecule has 6 heteroatoms. The lowest BCUT2D eigenvalue weighted by Crippen LogP contribution is -2.38. The van der Waals surface area contributed by atoms with Crippen molar-refractivity contribution in [2.75, 3.05) is 13.1 Å². The Hall–Kier alpha value is -2.11. The SMILES string of the molecule is CC(C)(C)OC(=O)N(CCCNC(=O)C1CCCCCC1)Cc1cccnc1. The van der Waals surface area contributed by atoms with Crippen molar-refractivity contribution in [1.82, 2.24) is 15.2 Å². The third-order valence-electron chi connectivity index (χ3n) is 4.88. The lowest BCUT2D eigenvalue weighted by molar-refractivity contribution is -0.125. The molecule has 0 aromatic carbocycles. The first kappa shape index (κ1) is 22.2. The second-order valence-electron chi connectivity index (χ2n) is 8.60. The van der Waals surface area contributed by atoms with Crippen molar-refractivity contribution in [3.63, 3.8) is 0 Å². The van der Waals surface area contributed by atoms with E-state index in [9.17, 15) is 9.59 Å². The molecule has 1 aliphatic rings. The molecule has 2 amide bonds. The van der Waals surface area contributed by atoms with Crippen LogP contribution in [-0.4, -0.2) is 40.6 Å². The zero-order valence-electron chi connectivity index (χ0n) is 17.6. The van der Waals surface area contributed by atoms with Gasteiger partial charge in [0.2, 0.25) is 5.91 Å². The van der Waals surface area contributed by atoms with Gasteiger partial charge in [0.15, 0.2) is 0 Å². The molecule has 0 unspecified atom stereocenters. The smallest absolute Gasteiger partial charge is 0.410 e. The molecule has 6 nitrogen and oxygen atoms in total. The van der Waals surface area contributed by atoms with Crippen molar-refractivity contribution in [1.29, 1.82) is 0 Å². The summed E-state index contributed by atoms with van der Waals surface area (Å²) in [5, 5.41) is 3.06. The van der Waals surface area contributed by atoms with E-state index in [1.165, 1.54) is 12.8 Å². The van der Waals surface area contributed by atoms with Crippen molar-refractivity contribution in [2.24, 2.45) is 5.92 Å². The van der Waals surface area contributed by atoms with Crippen molar-refractivity contribution in [3.05, 3.63) is 30.1 Å². The molecule has 0 spiro atoms. The van der Waals surface area contributed by atoms with Gasteiger partial charge in [-0.3, -0.25) is 9.78 Å². The van der Waals surface area contributed by atoms with Gasteiger partial charge in [-0.25, -0.2) is 4.79 Å². The van der Waals surface area contributed by atoms with Crippen LogP contribution in [0.15, 0.2) is 24.5 Å². The number of hydrogen-bond acceptors (Lipinski definition) is 4. The summed E-state index contributed by atoms with van der Waals surface area (Å²) in [7, 11) is 0. The van der Waals surface area contributed by atoms with Gasteiger partial charge >= 0.3 is 6.09 Å². The predicted molar refractivity (Wildman–Crippen MR) is 110 cm³/mol. The van der Waals surface area contributed by atoms with Crippen molar-refractivity contribution < 1.29 is 14.3 Å². The monoisotopic (exact) mass is 389 g/mol. The fourth-order valence-corrected chi connectivity index (χ4v) is 3.44. The molecule has 1 aliphatic carbocycles. The molecule has 0 radical (unpaired) electrons. The Morgan fingerprint density at radius 1 is 1.21 bits per heavy atom. The lowest BCUT2D eigenvalue weighted by Gasteiger charge is -2.27. The molecule has 1 saturated carbocycles. The Kier molecular flexibility index (Phi) is 8.74. The van der Waals surface area contributed by atoms with Crippen molar-refractivity contribution in [3.8, 4) is 0 Å². The summed E-state index contributed by atoms with van der Waals surface area (Å²) in [5.41, 5.74) is 0.411. The Morgan fingerprint density at radius 2 is 1.93 bits per heavy atom. The van der Waals surface area contributed by atoms with Crippen LogP contribution in [0, 0.1) is 5.92 Å². The first-order valence-electron chi connectivity index (χ1n) is 10.5. The summed E-state index contributed by atoms with van der Waals surface area (Å²) in [6.07, 6.45) is 10.6. The number of aromatic nitrogens is 1. The van der Waals surface area contributed by atoms with Gasteiger partial charge in [-0.05, 0) is 51.7 Å². The number of pyridine rings is 1. The Balaban J connectivity index is 1.83. The van der Waals surface area contributed by atoms with Crippen molar-refractivity contribution in [2.45, 2.75) is 77.9 Å². The Labute approximate surface area is 169 Å². The van der Waals surface area contributed by atoms with E-state index in [-0.39, 0.29) is 17.9 Å². The maximum Gasteiger partial charge on any atom is 0.410 e. The normalized spacial score (nSPS) is 15.5. The van der Waals surface area contributed by atoms with Crippen LogP contribution >= 0.6 is 0 Å². The largest absolute Gasteiger partial charge is 0.444 e. The van der Waals surface area contributed by atoms with Gasteiger partial charge in [0, 0.05) is 31.4 Å². The van der Waals surface area contributed by atoms with Crippen molar-refractivity contribution >= 4 is 12.0 Å². The number of nitrogens with zero attached hydrogens (tertiary/aromatic N) is 2. The zero-order chi connectivity index (χ0) is 20.4. The molecule has 1 fully saturated rings. The molecule has 0 aliphatic heterocycles. The predicted octanol–water partition coefficient (Wildman–Crippen LogP) is 4.30. The van der Waals surface area contributed by atoms with E-state index in [2.05, 4.69) is 10.3 Å². The number of hydrogen-bond donors (Lipinski definition) is 1. The molecule has 156 valence electrons. The molecule has 0 atom stereocenters. The highest BCUT2D eigenvalue weighted by atomic mass is 16.6. The molecule has 1 heterocycles. The summed E-state index contributed by atoms with van der Waals surface area (Å²) in [4.78, 5) is 30.8. The first-order valence-corrected chi connectivity index (χ1v) is 10.5. The standard InChI is InChI=1S/C22H35N3O3/c1-22(2,3)28-21(27)25(17-18-10-8-13-23-16-18)15-9-14-24-20(26)19-11-6-4-5-7-12-19/h8,10,13,16,19H,4-7,9,11-12,14-15,17H2,1-3H3,(H,24,26). The van der Waals surface area contributed by atoms with Crippen LogP contribution in [0.4, 0.5) is 4.79 Å². The van der Waals surface area contributed by atoms with Gasteiger partial charge in [0.05, 0.1) is 6.54 Å². The molecule has 1 N–H and O–H groups in total. The minimum atomic E-state index is -0.544. The van der Waals surface area contributed by atoms with Gasteiger partial charge in [0.1, 0.15) is 5.60 Å². The van der Waals surface area contributed by atoms with E-state index in [0.717, 1.165) is 31.2 Å². The van der Waals surface area contributed by atoms with E-state index in [0.29, 0.717) is 26.1 Å². The topological polar surface area (TPSA) is 71.5 Å². The maximum absolute atomic E-state index is 12.6. The van der Waals surface area contributed by atoms with E-state index in [1.54, 1.807) is 17.3 Å². The second kappa shape index (κ2) is 11.0. The number of ether oxygens (including phenoxy) is 1. The zero-order valence-corrected chi connectivity index (χ0v) is 17.6. The summed E-state index contributed by atoms with van der Waals surface area (Å²) >= 11 is 0. The van der Waals surface area contributed by atoms with Gasteiger partial charge in [-0.2, -0.15) is 0 Å². The fourth-order valence-electron chi connectivity index (χ4n) is 3.44. The van der Waals surface area contributed by atoms with Crippen LogP contribution in [-0.2, 0) is 16.1 Å². The molecule has 2 rings (SSSR count). The minimum Gasteiger partial charge on any atom is -0.444 e. The number of carbonyl (C=O) groups is 2. The molecule has 28 heavy (non-hydrogen) atoms. The quantitative estimate of drug-likeness (QED) is 0.558. The summed E-state index contributed by atoms with van der Waals surface area (Å²) < 4.78 is 5.54. The number of amides is 2.